The Kier molecular flexibility index (Phi) is 0.350. The topological polar surface area (TPSA) is 37.3 Å². The minimum atomic E-state index is -2.02. The van der Waals surface area contributed by atoms with Gasteiger partial charge in [0.1, 0.15) is 5.76 Å². The lowest BCUT2D eigenvalue weighted by Gasteiger charge is -1.98. The van der Waals surface area contributed by atoms with Crippen molar-refractivity contribution in [1.29, 1.82) is 0 Å². The number of hydrogen-bond acceptors (Lipinski definition) is 2. The lowest BCUT2D eigenvalue weighted by molar-refractivity contribution is 0.429. The first-order valence-corrected chi connectivity index (χ1v) is 4.44. The summed E-state index contributed by atoms with van der Waals surface area (Å²) in [5.74, 6) is 0.225. The van der Waals surface area contributed by atoms with E-state index in [4.69, 9.17) is 5.11 Å². The van der Waals surface area contributed by atoms with Crippen LogP contribution in [0.15, 0.2) is 33.9 Å². The maximum atomic E-state index is 11.2. The van der Waals surface area contributed by atoms with Crippen molar-refractivity contribution in [1.82, 2.24) is 0 Å². The molecule has 0 aromatic heterocycles. The van der Waals surface area contributed by atoms with E-state index in [0.29, 0.717) is 0 Å². The lowest BCUT2D eigenvalue weighted by atomic mass is 10.3. The third-order valence-electron chi connectivity index (χ3n) is 1.98. The van der Waals surface area contributed by atoms with E-state index in [0.717, 1.165) is 15.9 Å². The van der Waals surface area contributed by atoms with Gasteiger partial charge in [0.25, 0.3) is 0 Å². The molecule has 0 spiro atoms. The summed E-state index contributed by atoms with van der Waals surface area (Å²) in [4.78, 5) is 0. The maximum absolute atomic E-state index is 11.2. The van der Waals surface area contributed by atoms with Crippen molar-refractivity contribution in [2.24, 2.45) is 0 Å². The van der Waals surface area contributed by atoms with E-state index < -0.39 is 7.14 Å². The summed E-state index contributed by atoms with van der Waals surface area (Å²) in [6, 6.07) is 0. The Morgan fingerprint density at radius 1 is 1.33 bits per heavy atom. The molecule has 1 unspecified atom stereocenters. The molecule has 2 nitrogen and oxygen atoms in total. The summed E-state index contributed by atoms with van der Waals surface area (Å²) in [5, 5.41) is 11.7. The van der Waals surface area contributed by atoms with Crippen molar-refractivity contribution in [3.05, 3.63) is 33.9 Å². The number of aliphatic hydroxyl groups excluding tert-OH is 1. The van der Waals surface area contributed by atoms with Crippen molar-refractivity contribution >= 4 is 7.14 Å². The summed E-state index contributed by atoms with van der Waals surface area (Å²) in [6.07, 6.45) is 3.36. The molecular weight excluding hydrogens is 135 g/mol. The molecule has 3 rings (SSSR count). The second kappa shape index (κ2) is 0.764. The molecule has 0 aliphatic carbocycles. The Hall–Kier alpha value is -0.750. The Morgan fingerprint density at radius 2 is 2.00 bits per heavy atom. The molecule has 0 aromatic rings. The van der Waals surface area contributed by atoms with Crippen molar-refractivity contribution in [3.63, 3.8) is 0 Å². The molecular formula is C6H3O2P. The van der Waals surface area contributed by atoms with Gasteiger partial charge in [-0.25, -0.2) is 0 Å². The largest absolute Gasteiger partial charge is 0.507 e. The molecule has 1 atom stereocenters. The second-order valence-corrected chi connectivity index (χ2v) is 5.01. The molecule has 1 N–H and O–H groups in total. The van der Waals surface area contributed by atoms with Gasteiger partial charge >= 0.3 is 0 Å². The van der Waals surface area contributed by atoms with E-state index in [1.54, 1.807) is 12.2 Å². The van der Waals surface area contributed by atoms with Crippen LogP contribution in [0, 0.1) is 0 Å². The van der Waals surface area contributed by atoms with Gasteiger partial charge in [-0.05, 0) is 12.2 Å². The summed E-state index contributed by atoms with van der Waals surface area (Å²) in [6.45, 7) is 0. The van der Waals surface area contributed by atoms with Gasteiger partial charge in [-0.1, -0.05) is 0 Å². The zero-order chi connectivity index (χ0) is 6.22. The van der Waals surface area contributed by atoms with Gasteiger partial charge in [0.05, 0.1) is 5.31 Å². The Bertz CT molecular complexity index is 371. The highest BCUT2D eigenvalue weighted by molar-refractivity contribution is 7.94. The lowest BCUT2D eigenvalue weighted by Crippen LogP contribution is -1.82. The molecule has 3 aliphatic heterocycles. The van der Waals surface area contributed by atoms with Crippen LogP contribution < -0.4 is 0 Å². The van der Waals surface area contributed by atoms with E-state index in [1.807, 2.05) is 0 Å². The minimum absolute atomic E-state index is 0.225. The summed E-state index contributed by atoms with van der Waals surface area (Å²) < 4.78 is 11.2. The third kappa shape index (κ3) is 0.218. The molecule has 0 saturated carbocycles. The normalized spacial score (nSPS) is 41.3. The van der Waals surface area contributed by atoms with Crippen LogP contribution in [0.2, 0.25) is 0 Å². The van der Waals surface area contributed by atoms with Crippen LogP contribution in [0.25, 0.3) is 0 Å². The van der Waals surface area contributed by atoms with Crippen molar-refractivity contribution in [2.75, 3.05) is 0 Å². The standard InChI is InChI=1S/C6H3O2P/c7-3-1-2-4-6-5(3)9(4,6)8/h1-2,7H. The molecule has 3 heterocycles. The van der Waals surface area contributed by atoms with Crippen LogP contribution in [-0.2, 0) is 4.57 Å². The fourth-order valence-electron chi connectivity index (χ4n) is 1.37. The number of fused-ring (bicyclic) bond motifs is 1. The number of allylic oxidation sites excluding steroid dienone is 5. The SMILES string of the molecule is O=P12c3ccc(O)c1c32. The predicted octanol–water partition coefficient (Wildman–Crippen LogP) is 1.93. The smallest absolute Gasteiger partial charge is 0.177 e. The summed E-state index contributed by atoms with van der Waals surface area (Å²) in [5.41, 5.74) is 0. The first kappa shape index (κ1) is 4.13. The average Bonchev–Trinajstić information content (AvgIpc) is 2.57. The summed E-state index contributed by atoms with van der Waals surface area (Å²) in [7, 11) is -2.02. The van der Waals surface area contributed by atoms with E-state index in [-0.39, 0.29) is 5.76 Å². The monoisotopic (exact) mass is 138 g/mol. The number of hydrogen-bond donors (Lipinski definition) is 1. The van der Waals surface area contributed by atoms with Gasteiger partial charge in [-0.2, -0.15) is 0 Å². The first-order valence-electron chi connectivity index (χ1n) is 2.74. The molecule has 0 amide bonds. The zero-order valence-corrected chi connectivity index (χ0v) is 5.35. The van der Waals surface area contributed by atoms with Crippen molar-refractivity contribution in [2.45, 2.75) is 0 Å². The Morgan fingerprint density at radius 3 is 2.33 bits per heavy atom. The van der Waals surface area contributed by atoms with Gasteiger partial charge < -0.3 is 9.67 Å². The van der Waals surface area contributed by atoms with Gasteiger partial charge in [-0.15, -0.1) is 0 Å². The second-order valence-electron chi connectivity index (χ2n) is 2.41. The maximum Gasteiger partial charge on any atom is 0.177 e. The summed E-state index contributed by atoms with van der Waals surface area (Å²) >= 11 is 0. The quantitative estimate of drug-likeness (QED) is 0.519. The zero-order valence-electron chi connectivity index (χ0n) is 4.46. The molecule has 44 valence electrons. The van der Waals surface area contributed by atoms with Gasteiger partial charge in [0.2, 0.25) is 0 Å². The Labute approximate surface area is 51.6 Å². The van der Waals surface area contributed by atoms with Crippen LogP contribution in [0.3, 0.4) is 0 Å². The third-order valence-corrected chi connectivity index (χ3v) is 4.76. The molecule has 0 radical (unpaired) electrons. The molecule has 3 heteroatoms. The number of aliphatic hydroxyl groups is 1. The fourth-order valence-corrected chi connectivity index (χ4v) is 4.05. The van der Waals surface area contributed by atoms with Crippen molar-refractivity contribution < 1.29 is 9.67 Å². The molecule has 0 aromatic carbocycles. The molecule has 1 fully saturated rings. The van der Waals surface area contributed by atoms with Crippen LogP contribution in [0.1, 0.15) is 0 Å². The van der Waals surface area contributed by atoms with E-state index in [1.165, 1.54) is 0 Å². The van der Waals surface area contributed by atoms with Crippen LogP contribution >= 0.6 is 7.14 Å². The number of rotatable bonds is 0. The van der Waals surface area contributed by atoms with Crippen LogP contribution in [0.5, 0.6) is 0 Å². The van der Waals surface area contributed by atoms with E-state index >= 15 is 0 Å². The minimum Gasteiger partial charge on any atom is -0.507 e. The van der Waals surface area contributed by atoms with E-state index in [2.05, 4.69) is 0 Å². The van der Waals surface area contributed by atoms with Crippen LogP contribution in [-0.4, -0.2) is 5.11 Å². The Balaban J connectivity index is 2.44. The fraction of sp³-hybridized carbons (Fsp3) is 0. The highest BCUT2D eigenvalue weighted by atomic mass is 31.2. The highest BCUT2D eigenvalue weighted by Crippen LogP contribution is 3.03. The first-order chi connectivity index (χ1) is 4.26. The predicted molar refractivity (Wildman–Crippen MR) is 33.4 cm³/mol. The van der Waals surface area contributed by atoms with Gasteiger partial charge in [0.15, 0.2) is 7.14 Å². The highest BCUT2D eigenvalue weighted by Gasteiger charge is 2.72. The molecule has 3 aliphatic rings. The average molecular weight is 138 g/mol. The van der Waals surface area contributed by atoms with Gasteiger partial charge in [0, 0.05) is 10.6 Å². The molecule has 0 bridgehead atoms. The molecule has 1 saturated heterocycles. The molecule has 9 heavy (non-hydrogen) atoms. The van der Waals surface area contributed by atoms with E-state index in [9.17, 15) is 4.57 Å². The van der Waals surface area contributed by atoms with Crippen LogP contribution in [0.4, 0.5) is 0 Å². The van der Waals surface area contributed by atoms with Gasteiger partial charge in [-0.3, -0.25) is 0 Å². The van der Waals surface area contributed by atoms with Crippen molar-refractivity contribution in [3.8, 4) is 0 Å².